The molecule has 0 saturated carbocycles. The maximum absolute atomic E-state index is 12.6. The lowest BCUT2D eigenvalue weighted by Gasteiger charge is -2.34. The quantitative estimate of drug-likeness (QED) is 0.773. The molecular formula is C18H27N3O2S. The number of amides is 2. The molecule has 2 rings (SSSR count). The summed E-state index contributed by atoms with van der Waals surface area (Å²) in [5, 5.41) is 3.05. The van der Waals surface area contributed by atoms with Crippen molar-refractivity contribution in [2.45, 2.75) is 37.6 Å². The third-order valence-corrected chi connectivity index (χ3v) is 5.73. The Bertz CT molecular complexity index is 603. The van der Waals surface area contributed by atoms with E-state index in [1.54, 1.807) is 16.7 Å². The molecule has 5 nitrogen and oxygen atoms in total. The fourth-order valence-electron chi connectivity index (χ4n) is 2.71. The zero-order valence-electron chi connectivity index (χ0n) is 14.8. The Hall–Kier alpha value is -1.53. The lowest BCUT2D eigenvalue weighted by molar-refractivity contribution is -0.128. The molecule has 1 aliphatic rings. The van der Waals surface area contributed by atoms with Crippen LogP contribution in [0.2, 0.25) is 0 Å². The Balaban J connectivity index is 2.07. The zero-order chi connectivity index (χ0) is 17.9. The summed E-state index contributed by atoms with van der Waals surface area (Å²) in [6, 6.07) is 7.85. The smallest absolute Gasteiger partial charge is 0.227 e. The third-order valence-electron chi connectivity index (χ3n) is 4.99. The number of rotatable bonds is 6. The van der Waals surface area contributed by atoms with E-state index in [0.717, 1.165) is 10.6 Å². The first-order valence-corrected chi connectivity index (χ1v) is 9.49. The zero-order valence-corrected chi connectivity index (χ0v) is 15.7. The number of carbonyl (C=O) groups is 2. The summed E-state index contributed by atoms with van der Waals surface area (Å²) in [6.45, 7) is 6.81. The number of benzene rings is 1. The molecule has 1 aliphatic heterocycles. The van der Waals surface area contributed by atoms with Crippen LogP contribution < -0.4 is 16.0 Å². The normalized spacial score (nSPS) is 20.3. The van der Waals surface area contributed by atoms with E-state index in [0.29, 0.717) is 13.1 Å². The van der Waals surface area contributed by atoms with Gasteiger partial charge in [0, 0.05) is 30.1 Å². The number of hydrogen-bond acceptors (Lipinski definition) is 4. The summed E-state index contributed by atoms with van der Waals surface area (Å²) in [5.74, 6) is -0.208. The first kappa shape index (κ1) is 18.8. The van der Waals surface area contributed by atoms with Gasteiger partial charge in [0.15, 0.2) is 0 Å². The average molecular weight is 350 g/mol. The Labute approximate surface area is 148 Å². The van der Waals surface area contributed by atoms with E-state index in [2.05, 4.69) is 5.32 Å². The van der Waals surface area contributed by atoms with Gasteiger partial charge in [0.1, 0.15) is 0 Å². The first-order chi connectivity index (χ1) is 11.3. The second-order valence-corrected chi connectivity index (χ2v) is 7.75. The molecule has 3 N–H and O–H groups in total. The molecule has 1 heterocycles. The summed E-state index contributed by atoms with van der Waals surface area (Å²) in [7, 11) is 0. The average Bonchev–Trinajstić information content (AvgIpc) is 2.96. The van der Waals surface area contributed by atoms with Crippen LogP contribution in [0.4, 0.5) is 5.69 Å². The van der Waals surface area contributed by atoms with Crippen molar-refractivity contribution < 1.29 is 9.59 Å². The Kier molecular flexibility index (Phi) is 5.93. The Morgan fingerprint density at radius 1 is 1.42 bits per heavy atom. The topological polar surface area (TPSA) is 75.4 Å². The van der Waals surface area contributed by atoms with Crippen molar-refractivity contribution in [1.82, 2.24) is 5.32 Å². The van der Waals surface area contributed by atoms with Gasteiger partial charge in [0.05, 0.1) is 11.5 Å². The lowest BCUT2D eigenvalue weighted by Crippen LogP contribution is -2.56. The molecule has 1 aromatic rings. The summed E-state index contributed by atoms with van der Waals surface area (Å²) in [4.78, 5) is 27.8. The molecule has 2 unspecified atom stereocenters. The number of carbonyl (C=O) groups excluding carboxylic acids is 2. The van der Waals surface area contributed by atoms with Gasteiger partial charge in [-0.05, 0) is 43.4 Å². The highest BCUT2D eigenvalue weighted by Gasteiger charge is 2.38. The van der Waals surface area contributed by atoms with Gasteiger partial charge in [0.25, 0.3) is 0 Å². The molecule has 0 radical (unpaired) electrons. The number of nitrogens with two attached hydrogens (primary N) is 1. The highest BCUT2D eigenvalue weighted by molar-refractivity contribution is 7.98. The molecule has 0 spiro atoms. The fourth-order valence-corrected chi connectivity index (χ4v) is 3.12. The minimum Gasteiger partial charge on any atom is -0.349 e. The number of nitrogens with one attached hydrogen (secondary N) is 1. The molecule has 24 heavy (non-hydrogen) atoms. The fraction of sp³-hybridized carbons (Fsp3) is 0.556. The van der Waals surface area contributed by atoms with Crippen LogP contribution in [0.25, 0.3) is 0 Å². The molecule has 6 heteroatoms. The monoisotopic (exact) mass is 349 g/mol. The number of anilines is 1. The van der Waals surface area contributed by atoms with Gasteiger partial charge in [-0.2, -0.15) is 0 Å². The Morgan fingerprint density at radius 3 is 2.54 bits per heavy atom. The Morgan fingerprint density at radius 2 is 2.04 bits per heavy atom. The molecule has 0 aliphatic carbocycles. The second kappa shape index (κ2) is 7.57. The van der Waals surface area contributed by atoms with Crippen LogP contribution in [0.15, 0.2) is 29.2 Å². The van der Waals surface area contributed by atoms with Crippen LogP contribution in [0.3, 0.4) is 0 Å². The number of nitrogens with zero attached hydrogens (tertiary/aromatic N) is 1. The van der Waals surface area contributed by atoms with E-state index in [-0.39, 0.29) is 30.1 Å². The summed E-state index contributed by atoms with van der Waals surface area (Å²) in [5.41, 5.74) is 6.23. The van der Waals surface area contributed by atoms with E-state index in [9.17, 15) is 9.59 Å². The minimum absolute atomic E-state index is 0.00829. The molecule has 1 fully saturated rings. The van der Waals surface area contributed by atoms with Gasteiger partial charge in [-0.1, -0.05) is 13.8 Å². The van der Waals surface area contributed by atoms with Crippen LogP contribution in [0.5, 0.6) is 0 Å². The van der Waals surface area contributed by atoms with Crippen LogP contribution in [0, 0.1) is 11.8 Å². The van der Waals surface area contributed by atoms with Gasteiger partial charge < -0.3 is 16.0 Å². The standard InChI is InChI=1S/C18H27N3O2S/c1-12(2)18(3,11-19)20-17(23)13-9-16(22)21(10-13)14-5-7-15(24-4)8-6-14/h5-8,12-13H,9-11,19H2,1-4H3,(H,20,23). The van der Waals surface area contributed by atoms with Gasteiger partial charge in [-0.15, -0.1) is 11.8 Å². The van der Waals surface area contributed by atoms with Gasteiger partial charge in [-0.25, -0.2) is 0 Å². The summed E-state index contributed by atoms with van der Waals surface area (Å²) in [6.07, 6.45) is 2.26. The van der Waals surface area contributed by atoms with Crippen molar-refractivity contribution in [3.8, 4) is 0 Å². The van der Waals surface area contributed by atoms with E-state index in [1.165, 1.54) is 0 Å². The third kappa shape index (κ3) is 3.92. The van der Waals surface area contributed by atoms with E-state index in [4.69, 9.17) is 5.73 Å². The number of thioether (sulfide) groups is 1. The van der Waals surface area contributed by atoms with Crippen LogP contribution >= 0.6 is 11.8 Å². The highest BCUT2D eigenvalue weighted by Crippen LogP contribution is 2.28. The van der Waals surface area contributed by atoms with E-state index >= 15 is 0 Å². The minimum atomic E-state index is -0.451. The van der Waals surface area contributed by atoms with Crippen LogP contribution in [-0.4, -0.2) is 36.7 Å². The molecular weight excluding hydrogens is 322 g/mol. The van der Waals surface area contributed by atoms with Crippen molar-refractivity contribution >= 4 is 29.3 Å². The molecule has 0 aromatic heterocycles. The predicted molar refractivity (Wildman–Crippen MR) is 99.1 cm³/mol. The lowest BCUT2D eigenvalue weighted by atomic mass is 9.87. The second-order valence-electron chi connectivity index (χ2n) is 6.87. The summed E-state index contributed by atoms with van der Waals surface area (Å²) < 4.78 is 0. The summed E-state index contributed by atoms with van der Waals surface area (Å²) >= 11 is 1.66. The van der Waals surface area contributed by atoms with Crippen molar-refractivity contribution in [3.05, 3.63) is 24.3 Å². The molecule has 0 bridgehead atoms. The van der Waals surface area contributed by atoms with E-state index < -0.39 is 5.54 Å². The molecule has 1 aromatic carbocycles. The first-order valence-electron chi connectivity index (χ1n) is 8.27. The maximum atomic E-state index is 12.6. The highest BCUT2D eigenvalue weighted by atomic mass is 32.2. The molecule has 1 saturated heterocycles. The largest absolute Gasteiger partial charge is 0.349 e. The van der Waals surface area contributed by atoms with Crippen LogP contribution in [-0.2, 0) is 9.59 Å². The van der Waals surface area contributed by atoms with Gasteiger partial charge in [-0.3, -0.25) is 9.59 Å². The van der Waals surface area contributed by atoms with Gasteiger partial charge in [0.2, 0.25) is 11.8 Å². The van der Waals surface area contributed by atoms with Crippen LogP contribution in [0.1, 0.15) is 27.2 Å². The van der Waals surface area contributed by atoms with Crippen molar-refractivity contribution in [1.29, 1.82) is 0 Å². The molecule has 2 atom stereocenters. The van der Waals surface area contributed by atoms with Gasteiger partial charge >= 0.3 is 0 Å². The molecule has 2 amide bonds. The maximum Gasteiger partial charge on any atom is 0.227 e. The predicted octanol–water partition coefficient (Wildman–Crippen LogP) is 2.25. The molecule has 132 valence electrons. The van der Waals surface area contributed by atoms with E-state index in [1.807, 2.05) is 51.3 Å². The van der Waals surface area contributed by atoms with Crippen molar-refractivity contribution in [2.24, 2.45) is 17.6 Å². The van der Waals surface area contributed by atoms with Crippen molar-refractivity contribution in [3.63, 3.8) is 0 Å². The number of hydrogen-bond donors (Lipinski definition) is 2. The SMILES string of the molecule is CSc1ccc(N2CC(C(=O)NC(C)(CN)C(C)C)CC2=O)cc1. The van der Waals surface area contributed by atoms with Crippen molar-refractivity contribution in [2.75, 3.05) is 24.2 Å².